The molecule has 0 aliphatic carbocycles. The normalized spacial score (nSPS) is 13.2. The zero-order chi connectivity index (χ0) is 12.3. The molecule has 0 saturated heterocycles. The van der Waals surface area contributed by atoms with Crippen molar-refractivity contribution in [3.8, 4) is 5.75 Å². The van der Waals surface area contributed by atoms with Crippen LogP contribution in [-0.4, -0.2) is 17.2 Å². The Kier molecular flexibility index (Phi) is 3.64. The van der Waals surface area contributed by atoms with E-state index in [9.17, 15) is 23.1 Å². The minimum Gasteiger partial charge on any atom is -0.508 e. The molecule has 16 heavy (non-hydrogen) atoms. The van der Waals surface area contributed by atoms with Gasteiger partial charge in [0, 0.05) is 5.56 Å². The third kappa shape index (κ3) is 3.03. The van der Waals surface area contributed by atoms with Crippen LogP contribution < -0.4 is 5.32 Å². The van der Waals surface area contributed by atoms with E-state index in [0.29, 0.717) is 0 Å². The molecule has 0 heterocycles. The summed E-state index contributed by atoms with van der Waals surface area (Å²) in [4.78, 5) is 10.6. The largest absolute Gasteiger partial charge is 0.508 e. The van der Waals surface area contributed by atoms with Gasteiger partial charge in [0.2, 0.25) is 0 Å². The number of hydrogen-bond donors (Lipinski definition) is 2. The second-order valence-electron chi connectivity index (χ2n) is 2.89. The molecular weight excluding hydrogens is 247 g/mol. The molecule has 0 fully saturated rings. The fourth-order valence-corrected chi connectivity index (χ4v) is 1.26. The topological polar surface area (TPSA) is 49.3 Å². The first-order valence-electron chi connectivity index (χ1n) is 4.12. The Bertz CT molecular complexity index is 395. The number of nitrogens with one attached hydrogen (secondary N) is 1. The fourth-order valence-electron chi connectivity index (χ4n) is 0.977. The van der Waals surface area contributed by atoms with Crippen LogP contribution >= 0.6 is 11.6 Å². The standard InChI is InChI=1S/C9H7ClF3NO2/c10-7(14-8(16)9(11,12)13)5-3-1-2-4-6(5)15/h1-4,7,15H,(H,14,16)/t7-/m1/s1. The number of rotatable bonds is 2. The van der Waals surface area contributed by atoms with E-state index in [0.717, 1.165) is 0 Å². The van der Waals surface area contributed by atoms with Crippen molar-refractivity contribution in [3.05, 3.63) is 29.8 Å². The second-order valence-corrected chi connectivity index (χ2v) is 3.33. The molecule has 3 nitrogen and oxygen atoms in total. The number of carbonyl (C=O) groups excluding carboxylic acids is 1. The number of hydrogen-bond acceptors (Lipinski definition) is 2. The molecule has 88 valence electrons. The molecule has 0 spiro atoms. The van der Waals surface area contributed by atoms with Gasteiger partial charge in [-0.05, 0) is 6.07 Å². The lowest BCUT2D eigenvalue weighted by Gasteiger charge is -2.14. The van der Waals surface area contributed by atoms with Gasteiger partial charge in [-0.2, -0.15) is 13.2 Å². The maximum Gasteiger partial charge on any atom is 0.471 e. The summed E-state index contributed by atoms with van der Waals surface area (Å²) in [6, 6.07) is 5.52. The second kappa shape index (κ2) is 4.61. The molecule has 0 saturated carbocycles. The van der Waals surface area contributed by atoms with Crippen molar-refractivity contribution in [3.63, 3.8) is 0 Å². The molecule has 0 aromatic heterocycles. The lowest BCUT2D eigenvalue weighted by Crippen LogP contribution is -2.37. The number of aromatic hydroxyl groups is 1. The molecular formula is C9H7ClF3NO2. The van der Waals surface area contributed by atoms with Crippen molar-refractivity contribution in [1.82, 2.24) is 5.32 Å². The van der Waals surface area contributed by atoms with Gasteiger partial charge in [0.1, 0.15) is 11.3 Å². The summed E-state index contributed by atoms with van der Waals surface area (Å²) in [5.74, 6) is -2.44. The quantitative estimate of drug-likeness (QED) is 0.628. The number of carbonyl (C=O) groups is 1. The van der Waals surface area contributed by atoms with Crippen LogP contribution in [0.15, 0.2) is 24.3 Å². The number of phenols is 1. The van der Waals surface area contributed by atoms with Gasteiger partial charge in [0.25, 0.3) is 0 Å². The van der Waals surface area contributed by atoms with Crippen molar-refractivity contribution in [2.24, 2.45) is 0 Å². The number of benzene rings is 1. The number of alkyl halides is 4. The summed E-state index contributed by atoms with van der Waals surface area (Å²) in [6.07, 6.45) is -5.00. The Morgan fingerprint density at radius 1 is 1.38 bits per heavy atom. The van der Waals surface area contributed by atoms with E-state index in [-0.39, 0.29) is 11.3 Å². The van der Waals surface area contributed by atoms with Crippen LogP contribution in [0.1, 0.15) is 11.1 Å². The van der Waals surface area contributed by atoms with Crippen LogP contribution in [0.3, 0.4) is 0 Å². The number of halogens is 4. The van der Waals surface area contributed by atoms with Crippen LogP contribution in [0.2, 0.25) is 0 Å². The molecule has 2 N–H and O–H groups in total. The predicted octanol–water partition coefficient (Wildman–Crippen LogP) is 2.31. The number of para-hydroxylation sites is 1. The molecule has 0 radical (unpaired) electrons. The van der Waals surface area contributed by atoms with E-state index >= 15 is 0 Å². The van der Waals surface area contributed by atoms with Gasteiger partial charge in [-0.3, -0.25) is 4.79 Å². The highest BCUT2D eigenvalue weighted by molar-refractivity contribution is 6.21. The van der Waals surface area contributed by atoms with Crippen LogP contribution in [0.5, 0.6) is 5.75 Å². The third-order valence-electron chi connectivity index (χ3n) is 1.73. The van der Waals surface area contributed by atoms with Gasteiger partial charge in [0.05, 0.1) is 0 Å². The van der Waals surface area contributed by atoms with Gasteiger partial charge in [-0.1, -0.05) is 29.8 Å². The summed E-state index contributed by atoms with van der Waals surface area (Å²) in [5.41, 5.74) is -1.43. The van der Waals surface area contributed by atoms with Crippen LogP contribution in [-0.2, 0) is 4.79 Å². The highest BCUT2D eigenvalue weighted by atomic mass is 35.5. The molecule has 0 unspecified atom stereocenters. The summed E-state index contributed by atoms with van der Waals surface area (Å²) >= 11 is 5.52. The predicted molar refractivity (Wildman–Crippen MR) is 50.9 cm³/mol. The third-order valence-corrected chi connectivity index (χ3v) is 2.07. The minimum atomic E-state index is -5.00. The highest BCUT2D eigenvalue weighted by Gasteiger charge is 2.39. The monoisotopic (exact) mass is 253 g/mol. The zero-order valence-electron chi connectivity index (χ0n) is 7.75. The van der Waals surface area contributed by atoms with E-state index < -0.39 is 17.6 Å². The summed E-state index contributed by atoms with van der Waals surface area (Å²) in [7, 11) is 0. The van der Waals surface area contributed by atoms with Crippen LogP contribution in [0, 0.1) is 0 Å². The molecule has 1 rings (SSSR count). The average Bonchev–Trinajstić information content (AvgIpc) is 2.16. The van der Waals surface area contributed by atoms with Gasteiger partial charge < -0.3 is 10.4 Å². The van der Waals surface area contributed by atoms with Gasteiger partial charge >= 0.3 is 12.1 Å². The molecule has 1 atom stereocenters. The van der Waals surface area contributed by atoms with Crippen molar-refractivity contribution < 1.29 is 23.1 Å². The van der Waals surface area contributed by atoms with Gasteiger partial charge in [-0.25, -0.2) is 0 Å². The van der Waals surface area contributed by atoms with Crippen LogP contribution in [0.4, 0.5) is 13.2 Å². The first-order valence-corrected chi connectivity index (χ1v) is 4.55. The molecule has 0 bridgehead atoms. The Morgan fingerprint density at radius 3 is 2.44 bits per heavy atom. The summed E-state index contributed by atoms with van der Waals surface area (Å²) in [5, 5.41) is 10.8. The Labute approximate surface area is 93.8 Å². The lowest BCUT2D eigenvalue weighted by molar-refractivity contribution is -0.173. The maximum atomic E-state index is 11.9. The van der Waals surface area contributed by atoms with Crippen molar-refractivity contribution >= 4 is 17.5 Å². The summed E-state index contributed by atoms with van der Waals surface area (Å²) in [6.45, 7) is 0. The van der Waals surface area contributed by atoms with E-state index in [1.807, 2.05) is 0 Å². The van der Waals surface area contributed by atoms with Crippen molar-refractivity contribution in [1.29, 1.82) is 0 Å². The molecule has 0 aliphatic heterocycles. The first kappa shape index (κ1) is 12.6. The molecule has 1 amide bonds. The average molecular weight is 254 g/mol. The zero-order valence-corrected chi connectivity index (χ0v) is 8.51. The Balaban J connectivity index is 2.78. The molecule has 7 heteroatoms. The maximum absolute atomic E-state index is 11.9. The SMILES string of the molecule is O=C(N[C@@H](Cl)c1ccccc1O)C(F)(F)F. The van der Waals surface area contributed by atoms with E-state index in [1.165, 1.54) is 29.6 Å². The molecule has 1 aromatic carbocycles. The summed E-state index contributed by atoms with van der Waals surface area (Å²) < 4.78 is 35.7. The first-order chi connectivity index (χ1) is 7.32. The van der Waals surface area contributed by atoms with Gasteiger partial charge in [-0.15, -0.1) is 0 Å². The molecule has 1 aromatic rings. The van der Waals surface area contributed by atoms with Crippen LogP contribution in [0.25, 0.3) is 0 Å². The smallest absolute Gasteiger partial charge is 0.471 e. The lowest BCUT2D eigenvalue weighted by atomic mass is 10.2. The Hall–Kier alpha value is -1.43. The van der Waals surface area contributed by atoms with E-state index in [2.05, 4.69) is 0 Å². The van der Waals surface area contributed by atoms with Crippen molar-refractivity contribution in [2.75, 3.05) is 0 Å². The number of amides is 1. The fraction of sp³-hybridized carbons (Fsp3) is 0.222. The highest BCUT2D eigenvalue weighted by Crippen LogP contribution is 2.27. The Morgan fingerprint density at radius 2 is 1.94 bits per heavy atom. The van der Waals surface area contributed by atoms with Crippen molar-refractivity contribution in [2.45, 2.75) is 11.7 Å². The van der Waals surface area contributed by atoms with E-state index in [4.69, 9.17) is 11.6 Å². The molecule has 0 aliphatic rings. The number of phenolic OH excluding ortho intramolecular Hbond substituents is 1. The van der Waals surface area contributed by atoms with Gasteiger partial charge in [0.15, 0.2) is 0 Å². The van der Waals surface area contributed by atoms with E-state index in [1.54, 1.807) is 0 Å². The minimum absolute atomic E-state index is 0.00164.